The summed E-state index contributed by atoms with van der Waals surface area (Å²) in [6, 6.07) is 6.74. The smallest absolute Gasteiger partial charge is 0.0744 e. The lowest BCUT2D eigenvalue weighted by Crippen LogP contribution is -2.18. The molecule has 0 aromatic heterocycles. The summed E-state index contributed by atoms with van der Waals surface area (Å²) in [6.45, 7) is 5.04. The molecule has 0 aliphatic carbocycles. The van der Waals surface area contributed by atoms with E-state index in [1.54, 1.807) is 7.11 Å². The van der Waals surface area contributed by atoms with E-state index >= 15 is 0 Å². The van der Waals surface area contributed by atoms with E-state index in [4.69, 9.17) is 4.74 Å². The molecule has 0 amide bonds. The highest BCUT2D eigenvalue weighted by Gasteiger charge is 2.09. The lowest BCUT2D eigenvalue weighted by Gasteiger charge is -2.19. The summed E-state index contributed by atoms with van der Waals surface area (Å²) >= 11 is 3.56. The Morgan fingerprint density at radius 1 is 1.31 bits per heavy atom. The normalized spacial score (nSPS) is 10.8. The Bertz CT molecular complexity index is 324. The number of halogens is 1. The minimum absolute atomic E-state index is 0.532. The molecule has 0 atom stereocenters. The standard InChI is InChI=1S/C13H20BrNO/c1-4-10(5-2)15-13-8-6-7-12(14)11(13)9-16-3/h6-8,10,15H,4-5,9H2,1-3H3. The van der Waals surface area contributed by atoms with Crippen molar-refractivity contribution < 1.29 is 4.74 Å². The predicted molar refractivity (Wildman–Crippen MR) is 72.8 cm³/mol. The summed E-state index contributed by atoms with van der Waals surface area (Å²) in [5, 5.41) is 3.56. The van der Waals surface area contributed by atoms with Crippen molar-refractivity contribution in [2.24, 2.45) is 0 Å². The van der Waals surface area contributed by atoms with Crippen LogP contribution >= 0.6 is 15.9 Å². The molecular weight excluding hydrogens is 266 g/mol. The third kappa shape index (κ3) is 3.49. The van der Waals surface area contributed by atoms with Crippen molar-refractivity contribution >= 4 is 21.6 Å². The molecule has 0 fully saturated rings. The fourth-order valence-electron chi connectivity index (χ4n) is 1.70. The number of methoxy groups -OCH3 is 1. The van der Waals surface area contributed by atoms with Gasteiger partial charge >= 0.3 is 0 Å². The second-order valence-electron chi connectivity index (χ2n) is 3.86. The van der Waals surface area contributed by atoms with Gasteiger partial charge in [-0.2, -0.15) is 0 Å². The zero-order valence-electron chi connectivity index (χ0n) is 10.2. The highest BCUT2D eigenvalue weighted by molar-refractivity contribution is 9.10. The van der Waals surface area contributed by atoms with E-state index < -0.39 is 0 Å². The van der Waals surface area contributed by atoms with Crippen molar-refractivity contribution in [3.8, 4) is 0 Å². The fraction of sp³-hybridized carbons (Fsp3) is 0.538. The molecular formula is C13H20BrNO. The molecule has 0 unspecified atom stereocenters. The van der Waals surface area contributed by atoms with Crippen LogP contribution in [-0.4, -0.2) is 13.2 Å². The molecule has 1 N–H and O–H groups in total. The van der Waals surface area contributed by atoms with Crippen LogP contribution in [-0.2, 0) is 11.3 Å². The Labute approximate surface area is 107 Å². The van der Waals surface area contributed by atoms with Gasteiger partial charge in [0.05, 0.1) is 6.61 Å². The van der Waals surface area contributed by atoms with Crippen molar-refractivity contribution in [2.75, 3.05) is 12.4 Å². The molecule has 1 aromatic rings. The Kier molecular flexibility index (Phi) is 5.85. The van der Waals surface area contributed by atoms with Gasteiger partial charge in [0, 0.05) is 28.9 Å². The van der Waals surface area contributed by atoms with Crippen LogP contribution in [0.25, 0.3) is 0 Å². The Morgan fingerprint density at radius 2 is 2.00 bits per heavy atom. The van der Waals surface area contributed by atoms with Crippen LogP contribution in [0.2, 0.25) is 0 Å². The summed E-state index contributed by atoms with van der Waals surface area (Å²) in [7, 11) is 1.72. The van der Waals surface area contributed by atoms with Crippen LogP contribution in [0, 0.1) is 0 Å². The fourth-order valence-corrected chi connectivity index (χ4v) is 2.18. The molecule has 0 heterocycles. The molecule has 0 bridgehead atoms. The third-order valence-corrected chi connectivity index (χ3v) is 3.50. The van der Waals surface area contributed by atoms with Crippen LogP contribution in [0.1, 0.15) is 32.3 Å². The van der Waals surface area contributed by atoms with Gasteiger partial charge in [-0.15, -0.1) is 0 Å². The van der Waals surface area contributed by atoms with E-state index in [0.717, 1.165) is 17.3 Å². The molecule has 2 nitrogen and oxygen atoms in total. The maximum Gasteiger partial charge on any atom is 0.0744 e. The largest absolute Gasteiger partial charge is 0.382 e. The lowest BCUT2D eigenvalue weighted by molar-refractivity contribution is 0.185. The highest BCUT2D eigenvalue weighted by atomic mass is 79.9. The highest BCUT2D eigenvalue weighted by Crippen LogP contribution is 2.26. The zero-order valence-corrected chi connectivity index (χ0v) is 11.8. The zero-order chi connectivity index (χ0) is 12.0. The van der Waals surface area contributed by atoms with Crippen molar-refractivity contribution in [3.05, 3.63) is 28.2 Å². The van der Waals surface area contributed by atoms with E-state index in [1.165, 1.54) is 11.3 Å². The molecule has 0 saturated carbocycles. The summed E-state index contributed by atoms with van der Waals surface area (Å²) in [6.07, 6.45) is 2.27. The van der Waals surface area contributed by atoms with E-state index in [0.29, 0.717) is 12.6 Å². The second kappa shape index (κ2) is 6.92. The van der Waals surface area contributed by atoms with E-state index in [2.05, 4.69) is 41.2 Å². The van der Waals surface area contributed by atoms with Gasteiger partial charge in [-0.05, 0) is 25.0 Å². The Balaban J connectivity index is 2.89. The quantitative estimate of drug-likeness (QED) is 0.846. The first-order valence-electron chi connectivity index (χ1n) is 5.75. The van der Waals surface area contributed by atoms with E-state index in [9.17, 15) is 0 Å². The number of benzene rings is 1. The molecule has 0 saturated heterocycles. The third-order valence-electron chi connectivity index (χ3n) is 2.75. The van der Waals surface area contributed by atoms with E-state index in [1.807, 2.05) is 12.1 Å². The lowest BCUT2D eigenvalue weighted by atomic mass is 10.1. The summed E-state index contributed by atoms with van der Waals surface area (Å²) in [4.78, 5) is 0. The second-order valence-corrected chi connectivity index (χ2v) is 4.71. The minimum atomic E-state index is 0.532. The monoisotopic (exact) mass is 285 g/mol. The molecule has 16 heavy (non-hydrogen) atoms. The van der Waals surface area contributed by atoms with Crippen LogP contribution in [0.15, 0.2) is 22.7 Å². The number of ether oxygens (including phenoxy) is 1. The SMILES string of the molecule is CCC(CC)Nc1cccc(Br)c1COC. The van der Waals surface area contributed by atoms with Gasteiger partial charge in [-0.25, -0.2) is 0 Å². The first kappa shape index (κ1) is 13.5. The maximum atomic E-state index is 5.23. The van der Waals surface area contributed by atoms with Crippen LogP contribution in [0.5, 0.6) is 0 Å². The van der Waals surface area contributed by atoms with E-state index in [-0.39, 0.29) is 0 Å². The average Bonchev–Trinajstić information content (AvgIpc) is 2.30. The first-order chi connectivity index (χ1) is 7.72. The summed E-state index contributed by atoms with van der Waals surface area (Å²) in [5.41, 5.74) is 2.36. The molecule has 1 rings (SSSR count). The topological polar surface area (TPSA) is 21.3 Å². The van der Waals surface area contributed by atoms with Crippen molar-refractivity contribution in [2.45, 2.75) is 39.3 Å². The van der Waals surface area contributed by atoms with Crippen LogP contribution in [0.4, 0.5) is 5.69 Å². The molecule has 90 valence electrons. The number of hydrogen-bond acceptors (Lipinski definition) is 2. The maximum absolute atomic E-state index is 5.23. The van der Waals surface area contributed by atoms with Gasteiger partial charge in [-0.1, -0.05) is 35.8 Å². The van der Waals surface area contributed by atoms with Gasteiger partial charge in [0.1, 0.15) is 0 Å². The first-order valence-corrected chi connectivity index (χ1v) is 6.55. The minimum Gasteiger partial charge on any atom is -0.382 e. The summed E-state index contributed by atoms with van der Waals surface area (Å²) in [5.74, 6) is 0. The van der Waals surface area contributed by atoms with Gasteiger partial charge in [0.25, 0.3) is 0 Å². The van der Waals surface area contributed by atoms with Crippen molar-refractivity contribution in [1.82, 2.24) is 0 Å². The van der Waals surface area contributed by atoms with Gasteiger partial charge in [0.2, 0.25) is 0 Å². The van der Waals surface area contributed by atoms with Gasteiger partial charge in [0.15, 0.2) is 0 Å². The average molecular weight is 286 g/mol. The van der Waals surface area contributed by atoms with Crippen molar-refractivity contribution in [3.63, 3.8) is 0 Å². The number of nitrogens with one attached hydrogen (secondary N) is 1. The number of hydrogen-bond donors (Lipinski definition) is 1. The Hall–Kier alpha value is -0.540. The Morgan fingerprint density at radius 3 is 2.56 bits per heavy atom. The van der Waals surface area contributed by atoms with Crippen LogP contribution in [0.3, 0.4) is 0 Å². The van der Waals surface area contributed by atoms with Gasteiger partial charge in [-0.3, -0.25) is 0 Å². The predicted octanol–water partition coefficient (Wildman–Crippen LogP) is 4.20. The van der Waals surface area contributed by atoms with Crippen LogP contribution < -0.4 is 5.32 Å². The molecule has 1 aromatic carbocycles. The number of rotatable bonds is 6. The molecule has 0 aliphatic heterocycles. The molecule has 0 radical (unpaired) electrons. The molecule has 0 spiro atoms. The van der Waals surface area contributed by atoms with Gasteiger partial charge < -0.3 is 10.1 Å². The molecule has 3 heteroatoms. The molecule has 0 aliphatic rings. The number of anilines is 1. The summed E-state index contributed by atoms with van der Waals surface area (Å²) < 4.78 is 6.33. The van der Waals surface area contributed by atoms with Crippen molar-refractivity contribution in [1.29, 1.82) is 0 Å².